The normalized spacial score (nSPS) is 21.1. The number of nitrogen functional groups attached to an aromatic ring is 1. The van der Waals surface area contributed by atoms with Gasteiger partial charge >= 0.3 is 0 Å². The molecule has 2 rings (SSSR count). The van der Waals surface area contributed by atoms with Gasteiger partial charge in [0.05, 0.1) is 19.4 Å². The maximum Gasteiger partial charge on any atom is 0.237 e. The Labute approximate surface area is 86.2 Å². The van der Waals surface area contributed by atoms with Gasteiger partial charge in [0.15, 0.2) is 0 Å². The van der Waals surface area contributed by atoms with E-state index in [0.717, 1.165) is 6.42 Å². The molecule has 1 aliphatic rings. The molecule has 1 atom stereocenters. The average Bonchev–Trinajstić information content (AvgIpc) is 2.64. The van der Waals surface area contributed by atoms with Crippen LogP contribution in [0.15, 0.2) is 6.20 Å². The van der Waals surface area contributed by atoms with E-state index in [1.165, 1.54) is 6.20 Å². The van der Waals surface area contributed by atoms with Crippen LogP contribution in [0.1, 0.15) is 6.42 Å². The number of rotatable bonds is 2. The second-order valence-corrected chi connectivity index (χ2v) is 3.39. The van der Waals surface area contributed by atoms with Crippen molar-refractivity contribution < 1.29 is 9.47 Å². The lowest BCUT2D eigenvalue weighted by Gasteiger charge is -2.11. The molecule has 2 heterocycles. The second kappa shape index (κ2) is 3.98. The maximum atomic E-state index is 5.83. The Bertz CT molecular complexity index is 328. The third kappa shape index (κ3) is 2.05. The zero-order chi connectivity index (χ0) is 9.97. The Morgan fingerprint density at radius 2 is 2.50 bits per heavy atom. The fourth-order valence-electron chi connectivity index (χ4n) is 1.21. The van der Waals surface area contributed by atoms with Crippen LogP contribution in [0.2, 0.25) is 5.02 Å². The van der Waals surface area contributed by atoms with E-state index in [1.807, 2.05) is 0 Å². The maximum absolute atomic E-state index is 5.83. The summed E-state index contributed by atoms with van der Waals surface area (Å²) in [5.74, 6) is 0.484. The van der Waals surface area contributed by atoms with Crippen molar-refractivity contribution in [3.8, 4) is 5.88 Å². The summed E-state index contributed by atoms with van der Waals surface area (Å²) in [6.07, 6.45) is 2.29. The van der Waals surface area contributed by atoms with Crippen LogP contribution in [0.25, 0.3) is 0 Å². The third-order valence-corrected chi connectivity index (χ3v) is 2.16. The van der Waals surface area contributed by atoms with Crippen LogP contribution in [0.3, 0.4) is 0 Å². The van der Waals surface area contributed by atoms with Crippen LogP contribution in [0.5, 0.6) is 5.88 Å². The summed E-state index contributed by atoms with van der Waals surface area (Å²) in [5, 5.41) is 0.367. The number of nitrogens with zero attached hydrogens (tertiary/aromatic N) is 2. The van der Waals surface area contributed by atoms with Crippen LogP contribution in [-0.2, 0) is 4.74 Å². The number of halogens is 1. The molecule has 5 nitrogen and oxygen atoms in total. The molecule has 1 aliphatic heterocycles. The minimum atomic E-state index is 0.0156. The molecule has 0 unspecified atom stereocenters. The first-order valence-electron chi connectivity index (χ1n) is 4.28. The zero-order valence-electron chi connectivity index (χ0n) is 7.44. The van der Waals surface area contributed by atoms with Crippen LogP contribution in [0.4, 0.5) is 5.95 Å². The van der Waals surface area contributed by atoms with Crippen molar-refractivity contribution in [1.29, 1.82) is 0 Å². The lowest BCUT2D eigenvalue weighted by Crippen LogP contribution is -2.17. The monoisotopic (exact) mass is 215 g/mol. The number of hydrogen-bond acceptors (Lipinski definition) is 5. The first-order chi connectivity index (χ1) is 6.75. The van der Waals surface area contributed by atoms with Gasteiger partial charge in [-0.25, -0.2) is 4.98 Å². The van der Waals surface area contributed by atoms with Gasteiger partial charge in [-0.3, -0.25) is 0 Å². The Morgan fingerprint density at radius 3 is 3.21 bits per heavy atom. The van der Waals surface area contributed by atoms with Crippen molar-refractivity contribution in [3.05, 3.63) is 11.2 Å². The van der Waals surface area contributed by atoms with Crippen molar-refractivity contribution in [2.24, 2.45) is 0 Å². The quantitative estimate of drug-likeness (QED) is 0.793. The standard InChI is InChI=1S/C8H10ClN3O2/c9-6-3-11-8(10)12-7(6)14-5-1-2-13-4-5/h3,5H,1-2,4H2,(H2,10,11,12)/t5-/m1/s1. The Kier molecular flexibility index (Phi) is 2.69. The molecule has 0 amide bonds. The molecule has 1 aromatic rings. The molecule has 1 saturated heterocycles. The topological polar surface area (TPSA) is 70.3 Å². The van der Waals surface area contributed by atoms with E-state index in [2.05, 4.69) is 9.97 Å². The smallest absolute Gasteiger partial charge is 0.237 e. The van der Waals surface area contributed by atoms with E-state index in [0.29, 0.717) is 24.1 Å². The van der Waals surface area contributed by atoms with Crippen LogP contribution >= 0.6 is 11.6 Å². The van der Waals surface area contributed by atoms with Gasteiger partial charge in [-0.05, 0) is 0 Å². The van der Waals surface area contributed by atoms with Crippen LogP contribution < -0.4 is 10.5 Å². The van der Waals surface area contributed by atoms with Crippen molar-refractivity contribution in [2.45, 2.75) is 12.5 Å². The lowest BCUT2D eigenvalue weighted by molar-refractivity contribution is 0.138. The molecule has 76 valence electrons. The molecule has 0 aromatic carbocycles. The molecule has 0 spiro atoms. The summed E-state index contributed by atoms with van der Waals surface area (Å²) in [6.45, 7) is 1.28. The fraction of sp³-hybridized carbons (Fsp3) is 0.500. The Morgan fingerprint density at radius 1 is 1.64 bits per heavy atom. The fourth-order valence-corrected chi connectivity index (χ4v) is 1.35. The molecule has 0 aliphatic carbocycles. The zero-order valence-corrected chi connectivity index (χ0v) is 8.20. The molecule has 2 N–H and O–H groups in total. The lowest BCUT2D eigenvalue weighted by atomic mass is 10.3. The van der Waals surface area contributed by atoms with Crippen molar-refractivity contribution in [1.82, 2.24) is 9.97 Å². The molecule has 6 heteroatoms. The molecule has 1 fully saturated rings. The molecular formula is C8H10ClN3O2. The van der Waals surface area contributed by atoms with E-state index in [4.69, 9.17) is 26.8 Å². The highest BCUT2D eigenvalue weighted by Gasteiger charge is 2.19. The molecule has 1 aromatic heterocycles. The first kappa shape index (κ1) is 9.48. The minimum Gasteiger partial charge on any atom is -0.471 e. The summed E-state index contributed by atoms with van der Waals surface area (Å²) in [7, 11) is 0. The number of hydrogen-bond donors (Lipinski definition) is 1. The molecule has 14 heavy (non-hydrogen) atoms. The highest BCUT2D eigenvalue weighted by molar-refractivity contribution is 6.31. The Balaban J connectivity index is 2.10. The van der Waals surface area contributed by atoms with Crippen LogP contribution in [0, 0.1) is 0 Å². The highest BCUT2D eigenvalue weighted by atomic mass is 35.5. The SMILES string of the molecule is Nc1ncc(Cl)c(O[C@@H]2CCOC2)n1. The van der Waals surface area contributed by atoms with Crippen LogP contribution in [-0.4, -0.2) is 29.3 Å². The predicted molar refractivity (Wildman–Crippen MR) is 51.3 cm³/mol. The van der Waals surface area contributed by atoms with Gasteiger partial charge in [-0.2, -0.15) is 4.98 Å². The number of nitrogens with two attached hydrogens (primary N) is 1. The van der Waals surface area contributed by atoms with E-state index >= 15 is 0 Å². The molecule has 0 saturated carbocycles. The van der Waals surface area contributed by atoms with Crippen molar-refractivity contribution in [2.75, 3.05) is 18.9 Å². The van der Waals surface area contributed by atoms with E-state index in [9.17, 15) is 0 Å². The summed E-state index contributed by atoms with van der Waals surface area (Å²) in [6, 6.07) is 0. The van der Waals surface area contributed by atoms with Gasteiger partial charge < -0.3 is 15.2 Å². The number of aromatic nitrogens is 2. The molecule has 0 radical (unpaired) electrons. The third-order valence-electron chi connectivity index (χ3n) is 1.90. The van der Waals surface area contributed by atoms with Crippen molar-refractivity contribution in [3.63, 3.8) is 0 Å². The molecular weight excluding hydrogens is 206 g/mol. The minimum absolute atomic E-state index is 0.0156. The van der Waals surface area contributed by atoms with Gasteiger partial charge in [0, 0.05) is 6.42 Å². The summed E-state index contributed by atoms with van der Waals surface area (Å²) >= 11 is 5.83. The largest absolute Gasteiger partial charge is 0.471 e. The van der Waals surface area contributed by atoms with Gasteiger partial charge in [0.2, 0.25) is 11.8 Å². The number of ether oxygens (including phenoxy) is 2. The second-order valence-electron chi connectivity index (χ2n) is 2.98. The summed E-state index contributed by atoms with van der Waals surface area (Å²) < 4.78 is 10.7. The van der Waals surface area contributed by atoms with Crippen molar-refractivity contribution >= 4 is 17.5 Å². The highest BCUT2D eigenvalue weighted by Crippen LogP contribution is 2.23. The van der Waals surface area contributed by atoms with E-state index in [1.54, 1.807) is 0 Å². The first-order valence-corrected chi connectivity index (χ1v) is 4.66. The van der Waals surface area contributed by atoms with Gasteiger partial charge in [0.1, 0.15) is 11.1 Å². The average molecular weight is 216 g/mol. The van der Waals surface area contributed by atoms with Gasteiger partial charge in [0.25, 0.3) is 0 Å². The number of anilines is 1. The summed E-state index contributed by atoms with van der Waals surface area (Å²) in [5.41, 5.74) is 5.41. The van der Waals surface area contributed by atoms with E-state index < -0.39 is 0 Å². The predicted octanol–water partition coefficient (Wildman–Crippen LogP) is 0.880. The molecule has 0 bridgehead atoms. The Hall–Kier alpha value is -1.07. The van der Waals surface area contributed by atoms with Gasteiger partial charge in [-0.1, -0.05) is 11.6 Å². The summed E-state index contributed by atoms with van der Waals surface area (Å²) in [4.78, 5) is 7.63. The van der Waals surface area contributed by atoms with E-state index in [-0.39, 0.29) is 12.1 Å². The van der Waals surface area contributed by atoms with Gasteiger partial charge in [-0.15, -0.1) is 0 Å².